The number of rotatable bonds is 8. The number of aromatic nitrogens is 2. The molecule has 1 saturated heterocycles. The van der Waals surface area contributed by atoms with Gasteiger partial charge in [-0.15, -0.1) is 0 Å². The summed E-state index contributed by atoms with van der Waals surface area (Å²) in [5, 5.41) is 22.6. The maximum Gasteiger partial charge on any atom is 0.276 e. The lowest BCUT2D eigenvalue weighted by molar-refractivity contribution is -0.0425. The van der Waals surface area contributed by atoms with Crippen LogP contribution in [0.1, 0.15) is 58.2 Å². The fourth-order valence-electron chi connectivity index (χ4n) is 5.25. The molecule has 7 nitrogen and oxygen atoms in total. The van der Waals surface area contributed by atoms with Crippen LogP contribution in [0.4, 0.5) is 0 Å². The molecule has 0 saturated carbocycles. The smallest absolute Gasteiger partial charge is 0.276 e. The van der Waals surface area contributed by atoms with Gasteiger partial charge in [0, 0.05) is 30.7 Å². The zero-order valence-corrected chi connectivity index (χ0v) is 23.8. The maximum absolute atomic E-state index is 12.3. The van der Waals surface area contributed by atoms with Gasteiger partial charge in [0.2, 0.25) is 0 Å². The Balaban J connectivity index is 1.80. The van der Waals surface area contributed by atoms with E-state index in [1.54, 1.807) is 17.7 Å². The van der Waals surface area contributed by atoms with Crippen molar-refractivity contribution in [2.24, 2.45) is 0 Å². The molecular weight excluding hydrogens is 496 g/mol. The zero-order valence-electron chi connectivity index (χ0n) is 22.8. The van der Waals surface area contributed by atoms with Crippen LogP contribution >= 0.6 is 0 Å². The molecule has 0 unspecified atom stereocenters. The highest BCUT2D eigenvalue weighted by molar-refractivity contribution is 6.99. The van der Waals surface area contributed by atoms with Crippen LogP contribution in [-0.2, 0) is 9.16 Å². The Morgan fingerprint density at radius 1 is 1.13 bits per heavy atom. The van der Waals surface area contributed by atoms with Crippen LogP contribution in [0.5, 0.6) is 0 Å². The molecule has 1 aliphatic heterocycles. The third kappa shape index (κ3) is 5.40. The predicted octanol–water partition coefficient (Wildman–Crippen LogP) is 4.09. The van der Waals surface area contributed by atoms with E-state index in [1.165, 1.54) is 6.08 Å². The lowest BCUT2D eigenvalue weighted by Gasteiger charge is -2.45. The SMILES string of the molecule is CC/C(O)=C/c1nc(=O)c(C)cn1[C@H]1C[C@H](O[Si](c2ccccc2)(c2ccccc2)C(C)(C)C)[C@@H](CO)O1. The second-order valence-corrected chi connectivity index (χ2v) is 15.1. The summed E-state index contributed by atoms with van der Waals surface area (Å²) in [5.41, 5.74) is 0.117. The third-order valence-electron chi connectivity index (χ3n) is 7.22. The summed E-state index contributed by atoms with van der Waals surface area (Å²) in [5.74, 6) is 0.430. The molecule has 2 N–H and O–H groups in total. The highest BCUT2D eigenvalue weighted by atomic mass is 28.4. The van der Waals surface area contributed by atoms with Gasteiger partial charge in [-0.05, 0) is 22.3 Å². The zero-order chi connectivity index (χ0) is 27.5. The number of aryl methyl sites for hydroxylation is 1. The number of allylic oxidation sites excluding steroid dienone is 1. The molecular formula is C30H38N2O5Si. The molecule has 1 aliphatic rings. The van der Waals surface area contributed by atoms with Crippen molar-refractivity contribution in [3.05, 3.63) is 94.4 Å². The average molecular weight is 535 g/mol. The Morgan fingerprint density at radius 2 is 1.71 bits per heavy atom. The van der Waals surface area contributed by atoms with E-state index < -0.39 is 26.8 Å². The molecule has 0 aliphatic carbocycles. The first-order valence-electron chi connectivity index (χ1n) is 13.1. The molecule has 3 aromatic rings. The van der Waals surface area contributed by atoms with Crippen molar-refractivity contribution in [2.75, 3.05) is 6.61 Å². The Morgan fingerprint density at radius 3 is 2.21 bits per heavy atom. The second-order valence-electron chi connectivity index (χ2n) is 10.9. The van der Waals surface area contributed by atoms with Gasteiger partial charge in [-0.3, -0.25) is 4.79 Å². The molecule has 202 valence electrons. The van der Waals surface area contributed by atoms with Crippen LogP contribution < -0.4 is 15.9 Å². The summed E-state index contributed by atoms with van der Waals surface area (Å²) in [4.78, 5) is 16.5. The first kappa shape index (κ1) is 28.0. The van der Waals surface area contributed by atoms with Crippen LogP contribution in [0.2, 0.25) is 5.04 Å². The van der Waals surface area contributed by atoms with E-state index in [9.17, 15) is 15.0 Å². The number of hydrogen-bond acceptors (Lipinski definition) is 6. The normalized spacial score (nSPS) is 20.6. The van der Waals surface area contributed by atoms with E-state index in [-0.39, 0.29) is 23.0 Å². The van der Waals surface area contributed by atoms with Crippen molar-refractivity contribution >= 4 is 24.8 Å². The van der Waals surface area contributed by atoms with E-state index in [0.717, 1.165) is 10.4 Å². The number of aliphatic hydroxyl groups is 2. The van der Waals surface area contributed by atoms with Gasteiger partial charge >= 0.3 is 0 Å². The fraction of sp³-hybridized carbons (Fsp3) is 0.400. The monoisotopic (exact) mass is 534 g/mol. The largest absolute Gasteiger partial charge is 0.512 e. The van der Waals surface area contributed by atoms with Crippen molar-refractivity contribution in [1.29, 1.82) is 0 Å². The minimum atomic E-state index is -2.89. The molecule has 1 fully saturated rings. The highest BCUT2D eigenvalue weighted by Gasteiger charge is 2.53. The molecule has 8 heteroatoms. The Labute approximate surface area is 225 Å². The van der Waals surface area contributed by atoms with Gasteiger partial charge in [-0.25, -0.2) is 0 Å². The van der Waals surface area contributed by atoms with Gasteiger partial charge in [0.25, 0.3) is 13.9 Å². The molecule has 38 heavy (non-hydrogen) atoms. The van der Waals surface area contributed by atoms with E-state index >= 15 is 0 Å². The van der Waals surface area contributed by atoms with Gasteiger partial charge in [0.15, 0.2) is 0 Å². The molecule has 4 rings (SSSR count). The number of hydrogen-bond donors (Lipinski definition) is 2. The van der Waals surface area contributed by atoms with Crippen molar-refractivity contribution in [2.45, 2.75) is 70.9 Å². The molecule has 2 aromatic carbocycles. The Hall–Kier alpha value is -3.04. The lowest BCUT2D eigenvalue weighted by atomic mass is 10.2. The molecule has 1 aromatic heterocycles. The molecule has 3 atom stereocenters. The number of ether oxygens (including phenoxy) is 1. The van der Waals surface area contributed by atoms with Crippen LogP contribution in [-0.4, -0.2) is 46.9 Å². The summed E-state index contributed by atoms with van der Waals surface area (Å²) in [6.07, 6.45) is 2.55. The maximum atomic E-state index is 12.3. The van der Waals surface area contributed by atoms with Crippen LogP contribution in [0.15, 0.2) is 77.4 Å². The molecule has 0 spiro atoms. The fourth-order valence-corrected chi connectivity index (χ4v) is 9.96. The molecule has 2 heterocycles. The molecule has 0 amide bonds. The first-order chi connectivity index (χ1) is 18.1. The molecule has 0 radical (unpaired) electrons. The van der Waals surface area contributed by atoms with Gasteiger partial charge in [-0.1, -0.05) is 88.4 Å². The number of nitrogens with zero attached hydrogens (tertiary/aromatic N) is 2. The minimum Gasteiger partial charge on any atom is -0.512 e. The summed E-state index contributed by atoms with van der Waals surface area (Å²) >= 11 is 0. The minimum absolute atomic E-state index is 0.117. The second kappa shape index (κ2) is 11.4. The lowest BCUT2D eigenvalue weighted by Crippen LogP contribution is -2.68. The van der Waals surface area contributed by atoms with Gasteiger partial charge in [0.05, 0.1) is 18.5 Å². The van der Waals surface area contributed by atoms with Crippen LogP contribution in [0.3, 0.4) is 0 Å². The van der Waals surface area contributed by atoms with Crippen molar-refractivity contribution in [1.82, 2.24) is 9.55 Å². The Kier molecular flexibility index (Phi) is 8.37. The van der Waals surface area contributed by atoms with Gasteiger partial charge < -0.3 is 23.9 Å². The van der Waals surface area contributed by atoms with Crippen LogP contribution in [0.25, 0.3) is 6.08 Å². The first-order valence-corrected chi connectivity index (χ1v) is 15.1. The summed E-state index contributed by atoms with van der Waals surface area (Å²) in [7, 11) is -2.89. The quantitative estimate of drug-likeness (QED) is 0.334. The summed E-state index contributed by atoms with van der Waals surface area (Å²) in [6.45, 7) is 9.96. The van der Waals surface area contributed by atoms with E-state index in [0.29, 0.717) is 24.2 Å². The Bertz CT molecular complexity index is 1280. The summed E-state index contributed by atoms with van der Waals surface area (Å²) in [6, 6.07) is 20.7. The van der Waals surface area contributed by atoms with E-state index in [2.05, 4.69) is 50.0 Å². The van der Waals surface area contributed by atoms with Crippen molar-refractivity contribution in [3.8, 4) is 0 Å². The average Bonchev–Trinajstić information content (AvgIpc) is 3.31. The predicted molar refractivity (Wildman–Crippen MR) is 152 cm³/mol. The van der Waals surface area contributed by atoms with Crippen molar-refractivity contribution < 1.29 is 19.4 Å². The van der Waals surface area contributed by atoms with Gasteiger partial charge in [-0.2, -0.15) is 4.98 Å². The topological polar surface area (TPSA) is 93.8 Å². The number of aliphatic hydroxyl groups excluding tert-OH is 2. The van der Waals surface area contributed by atoms with E-state index in [4.69, 9.17) is 9.16 Å². The van der Waals surface area contributed by atoms with Crippen molar-refractivity contribution in [3.63, 3.8) is 0 Å². The molecule has 0 bridgehead atoms. The van der Waals surface area contributed by atoms with Crippen LogP contribution in [0, 0.1) is 6.92 Å². The summed E-state index contributed by atoms with van der Waals surface area (Å²) < 4.78 is 15.4. The van der Waals surface area contributed by atoms with E-state index in [1.807, 2.05) is 43.3 Å². The third-order valence-corrected chi connectivity index (χ3v) is 12.3. The highest BCUT2D eigenvalue weighted by Crippen LogP contribution is 2.41. The standard InChI is InChI=1S/C30H38N2O5Si/c1-6-22(34)17-27-31-29(35)21(2)19-32(27)28-18-25(26(20-33)36-28)37-38(30(3,4)5,23-13-9-7-10-14-23)24-15-11-8-12-16-24/h7-17,19,25-26,28,33-34H,6,18,20H2,1-5H3/b22-17-/t25-,26+,28+/m0/s1. The van der Waals surface area contributed by atoms with Gasteiger partial charge in [0.1, 0.15) is 18.2 Å². The number of benzene rings is 2.